The Labute approximate surface area is 132 Å². The van der Waals surface area contributed by atoms with Gasteiger partial charge in [0, 0.05) is 0 Å². The van der Waals surface area contributed by atoms with Crippen LogP contribution in [0.2, 0.25) is 0 Å². The van der Waals surface area contributed by atoms with Gasteiger partial charge in [-0.3, -0.25) is 0 Å². The average Bonchev–Trinajstić information content (AvgIpc) is 2.44. The molecule has 0 nitrogen and oxygen atoms in total. The first-order valence-electron chi connectivity index (χ1n) is 5.46. The van der Waals surface area contributed by atoms with Crippen LogP contribution < -0.4 is 6.25 Å². The maximum atomic E-state index is 13.7. The fraction of sp³-hybridized carbons (Fsp3) is 0. The van der Waals surface area contributed by atoms with Gasteiger partial charge in [0.05, 0.1) is 0 Å². The third-order valence-electron chi connectivity index (χ3n) is 2.80. The van der Waals surface area contributed by atoms with E-state index in [1.165, 1.54) is 0 Å². The fourth-order valence-electron chi connectivity index (χ4n) is 1.77. The summed E-state index contributed by atoms with van der Waals surface area (Å²) in [5.41, 5.74) is 0. The van der Waals surface area contributed by atoms with E-state index in [9.17, 15) is 35.1 Å². The summed E-state index contributed by atoms with van der Waals surface area (Å²) in [6.45, 7) is 0. The first-order chi connectivity index (χ1) is 10.2. The van der Waals surface area contributed by atoms with Crippen LogP contribution >= 0.6 is 12.0 Å². The van der Waals surface area contributed by atoms with Crippen LogP contribution in [-0.2, 0) is 0 Å². The summed E-state index contributed by atoms with van der Waals surface area (Å²) >= 11 is -2.18. The van der Waals surface area contributed by atoms with Gasteiger partial charge < -0.3 is 0 Å². The second-order valence-corrected chi connectivity index (χ2v) is 19.5. The molecule has 0 saturated heterocycles. The van der Waals surface area contributed by atoms with E-state index in [1.807, 2.05) is 0 Å². The first-order valence-corrected chi connectivity index (χ1v) is 19.7. The molecule has 0 aromatic heterocycles. The van der Waals surface area contributed by atoms with Crippen molar-refractivity contribution >= 4 is 38.5 Å². The van der Waals surface area contributed by atoms with Crippen molar-refractivity contribution in [3.05, 3.63) is 58.7 Å². The van der Waals surface area contributed by atoms with Gasteiger partial charge in [-0.15, -0.1) is 0 Å². The zero-order chi connectivity index (χ0) is 16.8. The summed E-state index contributed by atoms with van der Waals surface area (Å²) in [6, 6.07) is -0.165. The van der Waals surface area contributed by atoms with Crippen LogP contribution in [0.25, 0.3) is 0 Å². The van der Waals surface area contributed by atoms with Crippen molar-refractivity contribution in [1.82, 2.24) is 0 Å². The summed E-state index contributed by atoms with van der Waals surface area (Å²) < 4.78 is 105. The van der Waals surface area contributed by atoms with Crippen LogP contribution in [-0.4, -0.2) is 20.3 Å². The van der Waals surface area contributed by atoms with Crippen molar-refractivity contribution in [3.63, 3.8) is 0 Å². The topological polar surface area (TPSA) is 0 Å². The second kappa shape index (κ2) is 6.42. The predicted octanol–water partition coefficient (Wildman–Crippen LogP) is 3.30. The fourth-order valence-corrected chi connectivity index (χ4v) is 15.6. The number of hydrogen-bond donors (Lipinski definition) is 0. The molecule has 0 saturated carbocycles. The van der Waals surface area contributed by atoms with Crippen LogP contribution in [0.15, 0.2) is 12.1 Å². The van der Waals surface area contributed by atoms with Crippen molar-refractivity contribution in [2.75, 3.05) is 0 Å². The second-order valence-electron chi connectivity index (χ2n) is 4.13. The van der Waals surface area contributed by atoms with E-state index in [0.29, 0.717) is 0 Å². The SMILES string of the molecule is Fc1cc(F)c(F)[c]([Tl]([Br])[c]2c(F)c(F)cc(F)c2F)c1F. The minimum atomic E-state index is -4.81. The number of benzene rings is 2. The molecule has 0 bridgehead atoms. The van der Waals surface area contributed by atoms with Gasteiger partial charge in [0.25, 0.3) is 0 Å². The Kier molecular flexibility index (Phi) is 5.14. The molecule has 0 fully saturated rings. The summed E-state index contributed by atoms with van der Waals surface area (Å²) in [5.74, 6) is -14.5. The quantitative estimate of drug-likeness (QED) is 0.290. The molecule has 0 amide bonds. The molecule has 0 aliphatic carbocycles. The summed E-state index contributed by atoms with van der Waals surface area (Å²) in [4.78, 5) is 0. The van der Waals surface area contributed by atoms with Gasteiger partial charge in [-0.25, -0.2) is 0 Å². The molecule has 2 aromatic rings. The van der Waals surface area contributed by atoms with Gasteiger partial charge >= 0.3 is 132 Å². The third-order valence-corrected chi connectivity index (χ3v) is 18.7. The Hall–Kier alpha value is -0.718. The van der Waals surface area contributed by atoms with Crippen molar-refractivity contribution in [2.24, 2.45) is 0 Å². The van der Waals surface area contributed by atoms with Crippen molar-refractivity contribution < 1.29 is 35.1 Å². The molecular formula is C12H2BrF8Tl. The van der Waals surface area contributed by atoms with Crippen LogP contribution in [0, 0.1) is 46.5 Å². The number of hydrogen-bond acceptors (Lipinski definition) is 0. The molecule has 0 heterocycles. The zero-order valence-electron chi connectivity index (χ0n) is 10.1. The van der Waals surface area contributed by atoms with Crippen LogP contribution in [0.3, 0.4) is 0 Å². The van der Waals surface area contributed by atoms with Crippen molar-refractivity contribution in [2.45, 2.75) is 0 Å². The molecule has 0 aliphatic rings. The predicted molar refractivity (Wildman–Crippen MR) is 66.5 cm³/mol. The van der Waals surface area contributed by atoms with Crippen LogP contribution in [0.4, 0.5) is 35.1 Å². The van der Waals surface area contributed by atoms with E-state index in [1.54, 1.807) is 0 Å². The van der Waals surface area contributed by atoms with Gasteiger partial charge in [0.15, 0.2) is 0 Å². The normalized spacial score (nSPS) is 11.0. The van der Waals surface area contributed by atoms with E-state index in [-0.39, 0.29) is 12.1 Å². The molecule has 0 unspecified atom stereocenters. The Bertz CT molecular complexity index is 648. The van der Waals surface area contributed by atoms with Crippen molar-refractivity contribution in [1.29, 1.82) is 0 Å². The Morgan fingerprint density at radius 2 is 0.773 bits per heavy atom. The Balaban J connectivity index is 2.77. The summed E-state index contributed by atoms with van der Waals surface area (Å²) in [5, 5.41) is 0. The molecule has 0 atom stereocenters. The molecule has 0 aliphatic heterocycles. The molecular weight excluding hydrogens is 580 g/mol. The molecule has 2 rings (SSSR count). The summed E-state index contributed by atoms with van der Waals surface area (Å²) in [6.07, 6.45) is 0. The first kappa shape index (κ1) is 17.6. The molecule has 0 spiro atoms. The molecule has 0 N–H and O–H groups in total. The van der Waals surface area contributed by atoms with Gasteiger partial charge in [0.2, 0.25) is 0 Å². The van der Waals surface area contributed by atoms with Crippen LogP contribution in [0.5, 0.6) is 0 Å². The summed E-state index contributed by atoms with van der Waals surface area (Å²) in [7, 11) is 0. The monoisotopic (exact) mass is 582 g/mol. The number of rotatable bonds is 2. The van der Waals surface area contributed by atoms with Gasteiger partial charge in [-0.05, 0) is 0 Å². The minimum absolute atomic E-state index is 0.0827. The Morgan fingerprint density at radius 3 is 1.00 bits per heavy atom. The van der Waals surface area contributed by atoms with E-state index in [4.69, 9.17) is 0 Å². The average molecular weight is 582 g/mol. The standard InChI is InChI=1S/2C6HF4.BrH.Tl/c2*7-3-1-4(8)6(10)2-5(3)9;;/h2*1H;1H;/q;;;+1/p-1. The zero-order valence-corrected chi connectivity index (χ0v) is 16.2. The van der Waals surface area contributed by atoms with E-state index in [2.05, 4.69) is 12.0 Å². The Morgan fingerprint density at radius 1 is 0.545 bits per heavy atom. The molecule has 10 heteroatoms. The van der Waals surface area contributed by atoms with E-state index < -0.39 is 73.1 Å². The maximum absolute atomic E-state index is 13.7. The van der Waals surface area contributed by atoms with Crippen molar-refractivity contribution in [3.8, 4) is 0 Å². The molecule has 2 aromatic carbocycles. The van der Waals surface area contributed by atoms with Gasteiger partial charge in [-0.1, -0.05) is 0 Å². The molecule has 0 radical (unpaired) electrons. The van der Waals surface area contributed by atoms with E-state index in [0.717, 1.165) is 0 Å². The molecule has 116 valence electrons. The van der Waals surface area contributed by atoms with E-state index >= 15 is 0 Å². The van der Waals surface area contributed by atoms with Gasteiger partial charge in [0.1, 0.15) is 0 Å². The number of halogens is 9. The van der Waals surface area contributed by atoms with Gasteiger partial charge in [-0.2, -0.15) is 0 Å². The third kappa shape index (κ3) is 2.88. The molecule has 22 heavy (non-hydrogen) atoms. The van der Waals surface area contributed by atoms with Crippen LogP contribution in [0.1, 0.15) is 0 Å².